The number of alkyl halides is 2. The van der Waals surface area contributed by atoms with Crippen molar-refractivity contribution in [1.82, 2.24) is 4.98 Å². The molecule has 66 valence electrons. The standard InChI is InChI=1S/C7H5BrF3N/c1-3-6(9)4(8)2-5(12-3)7(10)11/h2,7H,1H3. The van der Waals surface area contributed by atoms with Crippen molar-refractivity contribution in [1.29, 1.82) is 0 Å². The first-order chi connectivity index (χ1) is 5.52. The van der Waals surface area contributed by atoms with E-state index in [1.807, 2.05) is 0 Å². The SMILES string of the molecule is Cc1nc(C(F)F)cc(Br)c1F. The Morgan fingerprint density at radius 1 is 1.50 bits per heavy atom. The first-order valence-corrected chi connectivity index (χ1v) is 3.92. The Morgan fingerprint density at radius 2 is 2.08 bits per heavy atom. The maximum Gasteiger partial charge on any atom is 0.280 e. The van der Waals surface area contributed by atoms with Crippen molar-refractivity contribution in [3.8, 4) is 0 Å². The molecule has 0 unspecified atom stereocenters. The van der Waals surface area contributed by atoms with Crippen LogP contribution in [0.3, 0.4) is 0 Å². The van der Waals surface area contributed by atoms with Crippen LogP contribution in [-0.2, 0) is 0 Å². The second-order valence-corrected chi connectivity index (χ2v) is 3.08. The zero-order chi connectivity index (χ0) is 9.30. The third-order valence-corrected chi connectivity index (χ3v) is 1.90. The Balaban J connectivity index is 3.21. The van der Waals surface area contributed by atoms with Crippen molar-refractivity contribution in [2.45, 2.75) is 13.3 Å². The van der Waals surface area contributed by atoms with Crippen molar-refractivity contribution in [3.05, 3.63) is 27.7 Å². The summed E-state index contributed by atoms with van der Waals surface area (Å²) in [5.74, 6) is -0.598. The lowest BCUT2D eigenvalue weighted by Crippen LogP contribution is -1.96. The van der Waals surface area contributed by atoms with Crippen molar-refractivity contribution in [2.75, 3.05) is 0 Å². The molecule has 1 nitrogen and oxygen atoms in total. The van der Waals surface area contributed by atoms with Gasteiger partial charge in [-0.15, -0.1) is 0 Å². The van der Waals surface area contributed by atoms with E-state index in [0.717, 1.165) is 6.07 Å². The normalized spacial score (nSPS) is 10.8. The highest BCUT2D eigenvalue weighted by molar-refractivity contribution is 9.10. The van der Waals surface area contributed by atoms with Crippen LogP contribution >= 0.6 is 15.9 Å². The summed E-state index contributed by atoms with van der Waals surface area (Å²) in [5, 5.41) is 0. The third-order valence-electron chi connectivity index (χ3n) is 1.32. The summed E-state index contributed by atoms with van der Waals surface area (Å²) in [4.78, 5) is 3.38. The summed E-state index contributed by atoms with van der Waals surface area (Å²) < 4.78 is 36.9. The molecule has 5 heteroatoms. The minimum absolute atomic E-state index is 0.0188. The quantitative estimate of drug-likeness (QED) is 0.734. The van der Waals surface area contributed by atoms with Gasteiger partial charge >= 0.3 is 0 Å². The monoisotopic (exact) mass is 239 g/mol. The highest BCUT2D eigenvalue weighted by Gasteiger charge is 2.13. The lowest BCUT2D eigenvalue weighted by molar-refractivity contribution is 0.145. The molecule has 0 bridgehead atoms. The third kappa shape index (κ3) is 1.77. The molecule has 0 aliphatic heterocycles. The summed E-state index contributed by atoms with van der Waals surface area (Å²) in [6, 6.07) is 0.979. The molecule has 12 heavy (non-hydrogen) atoms. The molecule has 0 saturated carbocycles. The van der Waals surface area contributed by atoms with Gasteiger partial charge < -0.3 is 0 Å². The van der Waals surface area contributed by atoms with Gasteiger partial charge in [-0.2, -0.15) is 0 Å². The van der Waals surface area contributed by atoms with E-state index in [0.29, 0.717) is 0 Å². The molecule has 1 aromatic rings. The Labute approximate surface area is 75.7 Å². The van der Waals surface area contributed by atoms with Crippen LogP contribution in [0.15, 0.2) is 10.5 Å². The summed E-state index contributed by atoms with van der Waals surface area (Å²) in [6.45, 7) is 1.34. The predicted octanol–water partition coefficient (Wildman–Crippen LogP) is 3.23. The van der Waals surface area contributed by atoms with E-state index in [2.05, 4.69) is 20.9 Å². The Kier molecular flexibility index (Phi) is 2.72. The van der Waals surface area contributed by atoms with Crippen LogP contribution in [0, 0.1) is 12.7 Å². The molecule has 0 amide bonds. The zero-order valence-electron chi connectivity index (χ0n) is 6.11. The molecule has 0 N–H and O–H groups in total. The lowest BCUT2D eigenvalue weighted by atomic mass is 10.3. The predicted molar refractivity (Wildman–Crippen MR) is 41.6 cm³/mol. The highest BCUT2D eigenvalue weighted by atomic mass is 79.9. The molecule has 1 rings (SSSR count). The van der Waals surface area contributed by atoms with Gasteiger partial charge in [0, 0.05) is 0 Å². The Bertz CT molecular complexity index is 278. The van der Waals surface area contributed by atoms with Gasteiger partial charge in [0.25, 0.3) is 6.43 Å². The first-order valence-electron chi connectivity index (χ1n) is 3.13. The van der Waals surface area contributed by atoms with Crippen LogP contribution in [0.25, 0.3) is 0 Å². The summed E-state index contributed by atoms with van der Waals surface area (Å²) in [5.41, 5.74) is -0.444. The fraction of sp³-hybridized carbons (Fsp3) is 0.286. The second kappa shape index (κ2) is 3.43. The number of aryl methyl sites for hydroxylation is 1. The van der Waals surface area contributed by atoms with Crippen LogP contribution in [0.1, 0.15) is 17.8 Å². The molecule has 0 aliphatic carbocycles. The van der Waals surface area contributed by atoms with Crippen molar-refractivity contribution in [3.63, 3.8) is 0 Å². The molecular formula is C7H5BrF3N. The molecule has 0 aromatic carbocycles. The number of hydrogen-bond donors (Lipinski definition) is 0. The fourth-order valence-electron chi connectivity index (χ4n) is 0.753. The van der Waals surface area contributed by atoms with Crippen LogP contribution < -0.4 is 0 Å². The minimum Gasteiger partial charge on any atom is -0.249 e. The molecule has 0 fully saturated rings. The van der Waals surface area contributed by atoms with E-state index in [-0.39, 0.29) is 10.2 Å². The molecule has 0 saturated heterocycles. The minimum atomic E-state index is -2.67. The van der Waals surface area contributed by atoms with E-state index in [1.54, 1.807) is 0 Å². The molecule has 0 atom stereocenters. The smallest absolute Gasteiger partial charge is 0.249 e. The van der Waals surface area contributed by atoms with Crippen LogP contribution in [-0.4, -0.2) is 4.98 Å². The Hall–Kier alpha value is -0.580. The number of nitrogens with zero attached hydrogens (tertiary/aromatic N) is 1. The molecule has 1 heterocycles. The van der Waals surface area contributed by atoms with Crippen molar-refractivity contribution in [2.24, 2.45) is 0 Å². The van der Waals surface area contributed by atoms with E-state index >= 15 is 0 Å². The number of halogens is 4. The summed E-state index contributed by atoms with van der Waals surface area (Å²) >= 11 is 2.82. The molecule has 0 aliphatic rings. The fourth-order valence-corrected chi connectivity index (χ4v) is 1.27. The van der Waals surface area contributed by atoms with Gasteiger partial charge in [-0.05, 0) is 28.9 Å². The Morgan fingerprint density at radius 3 is 2.50 bits per heavy atom. The number of hydrogen-bond acceptors (Lipinski definition) is 1. The topological polar surface area (TPSA) is 12.9 Å². The zero-order valence-corrected chi connectivity index (χ0v) is 7.70. The van der Waals surface area contributed by atoms with Gasteiger partial charge in [-0.25, -0.2) is 18.2 Å². The maximum absolute atomic E-state index is 12.8. The van der Waals surface area contributed by atoms with Crippen molar-refractivity contribution >= 4 is 15.9 Å². The molecule has 0 radical (unpaired) electrons. The maximum atomic E-state index is 12.8. The van der Waals surface area contributed by atoms with Crippen LogP contribution in [0.5, 0.6) is 0 Å². The van der Waals surface area contributed by atoms with Gasteiger partial charge in [0.05, 0.1) is 10.2 Å². The van der Waals surface area contributed by atoms with Gasteiger partial charge in [0.2, 0.25) is 0 Å². The summed E-state index contributed by atoms with van der Waals surface area (Å²) in [6.07, 6.45) is -2.67. The van der Waals surface area contributed by atoms with Gasteiger partial charge in [0.1, 0.15) is 5.69 Å². The number of pyridine rings is 1. The van der Waals surface area contributed by atoms with E-state index < -0.39 is 17.9 Å². The van der Waals surface area contributed by atoms with E-state index in [1.165, 1.54) is 6.92 Å². The average molecular weight is 240 g/mol. The van der Waals surface area contributed by atoms with Gasteiger partial charge in [-0.1, -0.05) is 0 Å². The largest absolute Gasteiger partial charge is 0.280 e. The summed E-state index contributed by atoms with van der Waals surface area (Å²) in [7, 11) is 0. The second-order valence-electron chi connectivity index (χ2n) is 2.23. The average Bonchev–Trinajstić information content (AvgIpc) is 1.99. The van der Waals surface area contributed by atoms with Crippen LogP contribution in [0.4, 0.5) is 13.2 Å². The number of aromatic nitrogens is 1. The van der Waals surface area contributed by atoms with E-state index in [9.17, 15) is 13.2 Å². The number of rotatable bonds is 1. The first kappa shape index (κ1) is 9.51. The molecular weight excluding hydrogens is 235 g/mol. The van der Waals surface area contributed by atoms with Gasteiger partial charge in [0.15, 0.2) is 5.82 Å². The lowest BCUT2D eigenvalue weighted by Gasteiger charge is -2.02. The molecule has 1 aromatic heterocycles. The molecule has 0 spiro atoms. The van der Waals surface area contributed by atoms with Gasteiger partial charge in [-0.3, -0.25) is 0 Å². The highest BCUT2D eigenvalue weighted by Crippen LogP contribution is 2.24. The van der Waals surface area contributed by atoms with Crippen LogP contribution in [0.2, 0.25) is 0 Å². The van der Waals surface area contributed by atoms with E-state index in [4.69, 9.17) is 0 Å². The van der Waals surface area contributed by atoms with Crippen molar-refractivity contribution < 1.29 is 13.2 Å².